The first kappa shape index (κ1) is 12.7. The van der Waals surface area contributed by atoms with Crippen molar-refractivity contribution in [3.8, 4) is 0 Å². The molecule has 1 aromatic rings. The molecule has 0 aliphatic carbocycles. The number of rotatable bonds is 6. The highest BCUT2D eigenvalue weighted by atomic mass is 16.1. The minimum absolute atomic E-state index is 0.116. The van der Waals surface area contributed by atoms with E-state index >= 15 is 0 Å². The number of carbonyl (C=O) groups excluding carboxylic acids is 1. The summed E-state index contributed by atoms with van der Waals surface area (Å²) in [5.41, 5.74) is 0.907. The lowest BCUT2D eigenvalue weighted by Gasteiger charge is -2.07. The van der Waals surface area contributed by atoms with Crippen LogP contribution in [0.1, 0.15) is 32.4 Å². The lowest BCUT2D eigenvalue weighted by Crippen LogP contribution is -2.27. The molecule has 5 nitrogen and oxygen atoms in total. The van der Waals surface area contributed by atoms with E-state index < -0.39 is 0 Å². The van der Waals surface area contributed by atoms with Crippen molar-refractivity contribution in [1.29, 1.82) is 0 Å². The largest absolute Gasteiger partial charge is 0.356 e. The van der Waals surface area contributed by atoms with Gasteiger partial charge < -0.3 is 5.32 Å². The predicted octanol–water partition coefficient (Wildman–Crippen LogP) is 1.14. The maximum absolute atomic E-state index is 11.4. The van der Waals surface area contributed by atoms with Gasteiger partial charge in [0.15, 0.2) is 0 Å². The topological polar surface area (TPSA) is 59.8 Å². The summed E-state index contributed by atoms with van der Waals surface area (Å²) >= 11 is 0. The van der Waals surface area contributed by atoms with E-state index in [-0.39, 0.29) is 5.91 Å². The fraction of sp³-hybridized carbons (Fsp3) is 0.727. The number of amides is 1. The first-order valence-electron chi connectivity index (χ1n) is 5.71. The molecule has 1 N–H and O–H groups in total. The zero-order valence-corrected chi connectivity index (χ0v) is 10.2. The maximum Gasteiger partial charge on any atom is 0.220 e. The van der Waals surface area contributed by atoms with E-state index in [1.165, 1.54) is 0 Å². The van der Waals surface area contributed by atoms with Crippen LogP contribution in [0.5, 0.6) is 0 Å². The zero-order chi connectivity index (χ0) is 12.0. The number of nitrogens with one attached hydrogen (secondary N) is 1. The molecule has 0 aliphatic rings. The summed E-state index contributed by atoms with van der Waals surface area (Å²) in [6, 6.07) is 0. The molecule has 0 atom stereocenters. The standard InChI is InChI=1S/C11H20N4O/c1-9(2)7-12-11(16)5-4-6-15-8-10(3)13-14-15/h8-9H,4-7H2,1-3H3,(H,12,16). The number of nitrogens with zero attached hydrogens (tertiary/aromatic N) is 3. The van der Waals surface area contributed by atoms with Gasteiger partial charge in [0.05, 0.1) is 5.69 Å². The first-order valence-corrected chi connectivity index (χ1v) is 5.71. The third-order valence-corrected chi connectivity index (χ3v) is 2.15. The van der Waals surface area contributed by atoms with E-state index in [0.717, 1.165) is 25.2 Å². The summed E-state index contributed by atoms with van der Waals surface area (Å²) in [6.07, 6.45) is 3.23. The van der Waals surface area contributed by atoms with Gasteiger partial charge >= 0.3 is 0 Å². The number of hydrogen-bond donors (Lipinski definition) is 1. The van der Waals surface area contributed by atoms with Gasteiger partial charge in [-0.2, -0.15) is 0 Å². The minimum Gasteiger partial charge on any atom is -0.356 e. The van der Waals surface area contributed by atoms with Gasteiger partial charge in [0.25, 0.3) is 0 Å². The maximum atomic E-state index is 11.4. The molecule has 0 spiro atoms. The number of carbonyl (C=O) groups is 1. The van der Waals surface area contributed by atoms with Crippen LogP contribution in [-0.4, -0.2) is 27.4 Å². The Kier molecular flexibility index (Phi) is 4.95. The first-order chi connectivity index (χ1) is 7.58. The Morgan fingerprint density at radius 3 is 2.88 bits per heavy atom. The van der Waals surface area contributed by atoms with Crippen LogP contribution < -0.4 is 5.32 Å². The predicted molar refractivity (Wildman–Crippen MR) is 61.8 cm³/mol. The van der Waals surface area contributed by atoms with E-state index in [1.807, 2.05) is 13.1 Å². The second-order valence-electron chi connectivity index (χ2n) is 4.42. The van der Waals surface area contributed by atoms with Gasteiger partial charge in [0, 0.05) is 25.7 Å². The second kappa shape index (κ2) is 6.25. The van der Waals surface area contributed by atoms with Gasteiger partial charge in [-0.25, -0.2) is 0 Å². The van der Waals surface area contributed by atoms with Crippen LogP contribution in [0.15, 0.2) is 6.20 Å². The van der Waals surface area contributed by atoms with Gasteiger partial charge in [0.1, 0.15) is 0 Å². The molecule has 0 radical (unpaired) electrons. The summed E-state index contributed by atoms with van der Waals surface area (Å²) in [4.78, 5) is 11.4. The van der Waals surface area contributed by atoms with Crippen LogP contribution >= 0.6 is 0 Å². The molecule has 0 aromatic carbocycles. The van der Waals surface area contributed by atoms with Crippen molar-refractivity contribution in [2.24, 2.45) is 5.92 Å². The van der Waals surface area contributed by atoms with Gasteiger partial charge in [-0.05, 0) is 19.3 Å². The summed E-state index contributed by atoms with van der Waals surface area (Å²) in [6.45, 7) is 7.56. The third kappa shape index (κ3) is 4.91. The summed E-state index contributed by atoms with van der Waals surface area (Å²) < 4.78 is 1.77. The van der Waals surface area contributed by atoms with Crippen molar-refractivity contribution >= 4 is 5.91 Å². The molecular weight excluding hydrogens is 204 g/mol. The molecule has 1 heterocycles. The van der Waals surface area contributed by atoms with Gasteiger partial charge in [0.2, 0.25) is 5.91 Å². The lowest BCUT2D eigenvalue weighted by molar-refractivity contribution is -0.121. The molecule has 0 saturated heterocycles. The van der Waals surface area contributed by atoms with E-state index in [2.05, 4.69) is 29.5 Å². The number of aryl methyl sites for hydroxylation is 2. The Morgan fingerprint density at radius 1 is 1.56 bits per heavy atom. The molecule has 0 bridgehead atoms. The average molecular weight is 224 g/mol. The molecule has 0 saturated carbocycles. The van der Waals surface area contributed by atoms with Crippen molar-refractivity contribution in [2.45, 2.75) is 40.2 Å². The van der Waals surface area contributed by atoms with E-state index in [1.54, 1.807) is 4.68 Å². The van der Waals surface area contributed by atoms with Crippen molar-refractivity contribution < 1.29 is 4.79 Å². The van der Waals surface area contributed by atoms with Crippen LogP contribution in [0.25, 0.3) is 0 Å². The number of hydrogen-bond acceptors (Lipinski definition) is 3. The van der Waals surface area contributed by atoms with Crippen molar-refractivity contribution in [2.75, 3.05) is 6.54 Å². The Balaban J connectivity index is 2.13. The molecule has 1 aromatic heterocycles. The van der Waals surface area contributed by atoms with Crippen molar-refractivity contribution in [3.63, 3.8) is 0 Å². The van der Waals surface area contributed by atoms with Gasteiger partial charge in [-0.1, -0.05) is 19.1 Å². The Morgan fingerprint density at radius 2 is 2.31 bits per heavy atom. The van der Waals surface area contributed by atoms with E-state index in [0.29, 0.717) is 12.3 Å². The minimum atomic E-state index is 0.116. The summed E-state index contributed by atoms with van der Waals surface area (Å²) in [5, 5.41) is 10.7. The summed E-state index contributed by atoms with van der Waals surface area (Å²) in [5.74, 6) is 0.618. The highest BCUT2D eigenvalue weighted by Gasteiger charge is 2.02. The quantitative estimate of drug-likeness (QED) is 0.788. The summed E-state index contributed by atoms with van der Waals surface area (Å²) in [7, 11) is 0. The third-order valence-electron chi connectivity index (χ3n) is 2.15. The molecule has 0 aliphatic heterocycles. The Hall–Kier alpha value is -1.39. The Bertz CT molecular complexity index is 332. The molecule has 0 fully saturated rings. The average Bonchev–Trinajstić information content (AvgIpc) is 2.61. The number of aromatic nitrogens is 3. The van der Waals surface area contributed by atoms with Crippen LogP contribution in [0.3, 0.4) is 0 Å². The van der Waals surface area contributed by atoms with Crippen LogP contribution in [0, 0.1) is 12.8 Å². The van der Waals surface area contributed by atoms with Crippen LogP contribution in [0.2, 0.25) is 0 Å². The van der Waals surface area contributed by atoms with Gasteiger partial charge in [-0.3, -0.25) is 9.48 Å². The van der Waals surface area contributed by atoms with Crippen molar-refractivity contribution in [3.05, 3.63) is 11.9 Å². The molecule has 5 heteroatoms. The van der Waals surface area contributed by atoms with Crippen LogP contribution in [-0.2, 0) is 11.3 Å². The highest BCUT2D eigenvalue weighted by Crippen LogP contribution is 1.96. The highest BCUT2D eigenvalue weighted by molar-refractivity contribution is 5.75. The second-order valence-corrected chi connectivity index (χ2v) is 4.42. The molecule has 1 rings (SSSR count). The van der Waals surface area contributed by atoms with E-state index in [4.69, 9.17) is 0 Å². The van der Waals surface area contributed by atoms with Crippen LogP contribution in [0.4, 0.5) is 0 Å². The molecular formula is C11H20N4O. The van der Waals surface area contributed by atoms with E-state index in [9.17, 15) is 4.79 Å². The normalized spacial score (nSPS) is 10.8. The molecule has 1 amide bonds. The molecule has 90 valence electrons. The fourth-order valence-corrected chi connectivity index (χ4v) is 1.31. The molecule has 0 unspecified atom stereocenters. The lowest BCUT2D eigenvalue weighted by atomic mass is 10.2. The molecule has 16 heavy (non-hydrogen) atoms. The fourth-order valence-electron chi connectivity index (χ4n) is 1.31. The smallest absolute Gasteiger partial charge is 0.220 e. The SMILES string of the molecule is Cc1cn(CCCC(=O)NCC(C)C)nn1. The van der Waals surface area contributed by atoms with Crippen molar-refractivity contribution in [1.82, 2.24) is 20.3 Å². The van der Waals surface area contributed by atoms with Gasteiger partial charge in [-0.15, -0.1) is 5.10 Å². The monoisotopic (exact) mass is 224 g/mol. The Labute approximate surface area is 96.2 Å². The zero-order valence-electron chi connectivity index (χ0n) is 10.2.